The minimum absolute atomic E-state index is 0.0418. The van der Waals surface area contributed by atoms with Crippen LogP contribution in [0.2, 0.25) is 0 Å². The van der Waals surface area contributed by atoms with Crippen molar-refractivity contribution < 1.29 is 15.0 Å². The largest absolute Gasteiger partial charge is 0.478 e. The van der Waals surface area contributed by atoms with Crippen LogP contribution in [0.5, 0.6) is 0 Å². The van der Waals surface area contributed by atoms with Crippen molar-refractivity contribution in [3.63, 3.8) is 0 Å². The zero-order chi connectivity index (χ0) is 15.5. The van der Waals surface area contributed by atoms with E-state index in [1.165, 1.54) is 0 Å². The van der Waals surface area contributed by atoms with Crippen molar-refractivity contribution in [1.82, 2.24) is 4.98 Å². The number of nitrogens with one attached hydrogen (secondary N) is 1. The van der Waals surface area contributed by atoms with Crippen LogP contribution in [0.3, 0.4) is 0 Å². The topological polar surface area (TPSA) is 82.5 Å². The highest BCUT2D eigenvalue weighted by Gasteiger charge is 2.34. The van der Waals surface area contributed by atoms with Gasteiger partial charge in [-0.2, -0.15) is 0 Å². The van der Waals surface area contributed by atoms with Crippen LogP contribution in [0.1, 0.15) is 55.6 Å². The van der Waals surface area contributed by atoms with Crippen molar-refractivity contribution >= 4 is 11.8 Å². The second-order valence-corrected chi connectivity index (χ2v) is 6.14. The van der Waals surface area contributed by atoms with Gasteiger partial charge in [0, 0.05) is 5.69 Å². The third kappa shape index (κ3) is 3.73. The molecule has 0 aliphatic heterocycles. The average Bonchev–Trinajstić information content (AvgIpc) is 2.49. The number of aliphatic hydroxyl groups excluding tert-OH is 1. The molecule has 0 aromatic carbocycles. The van der Waals surface area contributed by atoms with Gasteiger partial charge < -0.3 is 15.5 Å². The minimum Gasteiger partial charge on any atom is -0.478 e. The van der Waals surface area contributed by atoms with E-state index in [2.05, 4.69) is 17.2 Å². The summed E-state index contributed by atoms with van der Waals surface area (Å²) < 4.78 is 0. The molecule has 2 rings (SSSR count). The molecule has 0 spiro atoms. The second kappa shape index (κ2) is 6.43. The number of aliphatic hydroxyl groups is 1. The number of rotatable bonds is 5. The van der Waals surface area contributed by atoms with Crippen molar-refractivity contribution in [2.75, 3.05) is 11.9 Å². The third-order valence-electron chi connectivity index (χ3n) is 4.41. The first-order valence-electron chi connectivity index (χ1n) is 7.61. The highest BCUT2D eigenvalue weighted by Crippen LogP contribution is 2.34. The van der Waals surface area contributed by atoms with Crippen LogP contribution in [0.25, 0.3) is 0 Å². The molecule has 0 amide bonds. The van der Waals surface area contributed by atoms with E-state index in [-0.39, 0.29) is 17.7 Å². The van der Waals surface area contributed by atoms with E-state index >= 15 is 0 Å². The first-order valence-corrected chi connectivity index (χ1v) is 7.61. The summed E-state index contributed by atoms with van der Waals surface area (Å²) in [6.45, 7) is 4.21. The van der Waals surface area contributed by atoms with Gasteiger partial charge in [0.05, 0.1) is 17.7 Å². The quantitative estimate of drug-likeness (QED) is 0.777. The molecule has 116 valence electrons. The van der Waals surface area contributed by atoms with E-state index in [9.17, 15) is 15.0 Å². The number of aryl methyl sites for hydroxylation is 1. The fraction of sp³-hybridized carbons (Fsp3) is 0.625. The second-order valence-electron chi connectivity index (χ2n) is 6.14. The van der Waals surface area contributed by atoms with Gasteiger partial charge in [-0.1, -0.05) is 13.8 Å². The van der Waals surface area contributed by atoms with E-state index < -0.39 is 5.97 Å². The lowest BCUT2D eigenvalue weighted by atomic mass is 9.77. The van der Waals surface area contributed by atoms with Crippen molar-refractivity contribution in [2.24, 2.45) is 5.92 Å². The Morgan fingerprint density at radius 1 is 1.43 bits per heavy atom. The van der Waals surface area contributed by atoms with Crippen LogP contribution in [-0.4, -0.2) is 33.3 Å². The molecule has 5 nitrogen and oxygen atoms in total. The van der Waals surface area contributed by atoms with Crippen molar-refractivity contribution in [3.8, 4) is 0 Å². The fourth-order valence-corrected chi connectivity index (χ4v) is 2.87. The number of hydrogen-bond donors (Lipinski definition) is 3. The molecule has 21 heavy (non-hydrogen) atoms. The number of carboxylic acids is 1. The average molecular weight is 292 g/mol. The lowest BCUT2D eigenvalue weighted by Gasteiger charge is -2.39. The standard InChI is InChI=1S/C16H24N2O3/c1-3-13-8-12(15(20)21)9-14(17-13)18-16(10-19)6-4-11(2)5-7-16/h8-9,11,19H,3-7,10H2,1-2H3,(H,17,18)(H,20,21). The SMILES string of the molecule is CCc1cc(C(=O)O)cc(NC2(CO)CCC(C)CC2)n1. The van der Waals surface area contributed by atoms with Crippen molar-refractivity contribution in [2.45, 2.75) is 51.5 Å². The van der Waals surface area contributed by atoms with E-state index in [4.69, 9.17) is 0 Å². The van der Waals surface area contributed by atoms with Gasteiger partial charge in [0.2, 0.25) is 0 Å². The Kier molecular flexibility index (Phi) is 4.83. The predicted molar refractivity (Wildman–Crippen MR) is 81.6 cm³/mol. The van der Waals surface area contributed by atoms with Crippen LogP contribution in [0, 0.1) is 5.92 Å². The number of hydrogen-bond acceptors (Lipinski definition) is 4. The van der Waals surface area contributed by atoms with Gasteiger partial charge in [-0.25, -0.2) is 9.78 Å². The molecule has 1 heterocycles. The van der Waals surface area contributed by atoms with Crippen LogP contribution in [0.4, 0.5) is 5.82 Å². The first kappa shape index (κ1) is 15.8. The molecule has 5 heteroatoms. The zero-order valence-corrected chi connectivity index (χ0v) is 12.7. The summed E-state index contributed by atoms with van der Waals surface area (Å²) in [4.78, 5) is 15.7. The Hall–Kier alpha value is -1.62. The van der Waals surface area contributed by atoms with Gasteiger partial charge in [0.25, 0.3) is 0 Å². The highest BCUT2D eigenvalue weighted by atomic mass is 16.4. The summed E-state index contributed by atoms with van der Waals surface area (Å²) >= 11 is 0. The summed E-state index contributed by atoms with van der Waals surface area (Å²) in [5, 5.41) is 22.3. The highest BCUT2D eigenvalue weighted by molar-refractivity contribution is 5.88. The fourth-order valence-electron chi connectivity index (χ4n) is 2.87. The van der Waals surface area contributed by atoms with Crippen LogP contribution < -0.4 is 5.32 Å². The number of anilines is 1. The molecule has 1 aromatic rings. The Bertz CT molecular complexity index is 508. The maximum absolute atomic E-state index is 11.2. The molecule has 0 atom stereocenters. The Labute approximate surface area is 125 Å². The third-order valence-corrected chi connectivity index (χ3v) is 4.41. The number of aromatic nitrogens is 1. The maximum Gasteiger partial charge on any atom is 0.335 e. The first-order chi connectivity index (χ1) is 9.98. The molecule has 1 saturated carbocycles. The van der Waals surface area contributed by atoms with E-state index in [1.54, 1.807) is 12.1 Å². The maximum atomic E-state index is 11.2. The Morgan fingerprint density at radius 2 is 2.10 bits per heavy atom. The van der Waals surface area contributed by atoms with Gasteiger partial charge in [-0.3, -0.25) is 0 Å². The molecule has 1 aromatic heterocycles. The zero-order valence-electron chi connectivity index (χ0n) is 12.7. The summed E-state index contributed by atoms with van der Waals surface area (Å²) in [5.41, 5.74) is 0.609. The number of aromatic carboxylic acids is 1. The van der Waals surface area contributed by atoms with Gasteiger partial charge in [0.1, 0.15) is 5.82 Å². The van der Waals surface area contributed by atoms with Crippen LogP contribution in [0.15, 0.2) is 12.1 Å². The molecule has 0 radical (unpaired) electrons. The molecule has 1 aliphatic rings. The van der Waals surface area contributed by atoms with Gasteiger partial charge in [-0.05, 0) is 50.2 Å². The van der Waals surface area contributed by atoms with E-state index in [0.717, 1.165) is 31.4 Å². The molecule has 0 saturated heterocycles. The number of carbonyl (C=O) groups is 1. The van der Waals surface area contributed by atoms with Gasteiger partial charge >= 0.3 is 5.97 Å². The van der Waals surface area contributed by atoms with Crippen molar-refractivity contribution in [3.05, 3.63) is 23.4 Å². The molecule has 0 unspecified atom stereocenters. The summed E-state index contributed by atoms with van der Waals surface area (Å²) in [7, 11) is 0. The monoisotopic (exact) mass is 292 g/mol. The normalized spacial score (nSPS) is 25.6. The van der Waals surface area contributed by atoms with Crippen LogP contribution in [-0.2, 0) is 6.42 Å². The van der Waals surface area contributed by atoms with E-state index in [0.29, 0.717) is 18.2 Å². The summed E-state index contributed by atoms with van der Waals surface area (Å²) in [6.07, 6.45) is 4.56. The lowest BCUT2D eigenvalue weighted by molar-refractivity contribution is 0.0696. The summed E-state index contributed by atoms with van der Waals surface area (Å²) in [5.74, 6) is 0.275. The number of carboxylic acid groups (broad SMARTS) is 1. The molecule has 0 bridgehead atoms. The molecule has 3 N–H and O–H groups in total. The Balaban J connectivity index is 2.24. The predicted octanol–water partition coefficient (Wildman–Crippen LogP) is 2.70. The van der Waals surface area contributed by atoms with E-state index in [1.807, 2.05) is 6.92 Å². The smallest absolute Gasteiger partial charge is 0.335 e. The molecule has 1 fully saturated rings. The molecular formula is C16H24N2O3. The van der Waals surface area contributed by atoms with Gasteiger partial charge in [-0.15, -0.1) is 0 Å². The lowest BCUT2D eigenvalue weighted by Crippen LogP contribution is -2.45. The van der Waals surface area contributed by atoms with Crippen LogP contribution >= 0.6 is 0 Å². The molecule has 1 aliphatic carbocycles. The Morgan fingerprint density at radius 3 is 2.62 bits per heavy atom. The number of pyridine rings is 1. The number of nitrogens with zero attached hydrogens (tertiary/aromatic N) is 1. The minimum atomic E-state index is -0.953. The van der Waals surface area contributed by atoms with Gasteiger partial charge in [0.15, 0.2) is 0 Å². The molecular weight excluding hydrogens is 268 g/mol. The van der Waals surface area contributed by atoms with Crippen molar-refractivity contribution in [1.29, 1.82) is 0 Å². The summed E-state index contributed by atoms with van der Waals surface area (Å²) in [6, 6.07) is 3.15.